The maximum Gasteiger partial charge on any atom is 0.344 e. The van der Waals surface area contributed by atoms with Crippen molar-refractivity contribution in [2.24, 2.45) is 0 Å². The van der Waals surface area contributed by atoms with Gasteiger partial charge in [0, 0.05) is 30.4 Å². The predicted octanol–water partition coefficient (Wildman–Crippen LogP) is 3.22. The Hall–Kier alpha value is -3.06. The Balaban J connectivity index is 1.80. The zero-order chi connectivity index (χ0) is 21.6. The van der Waals surface area contributed by atoms with Crippen molar-refractivity contribution in [2.75, 3.05) is 32.6 Å². The molecule has 0 aliphatic carbocycles. The van der Waals surface area contributed by atoms with Crippen LogP contribution in [0.25, 0.3) is 0 Å². The number of hydrogen-bond donors (Lipinski definition) is 1. The zero-order valence-corrected chi connectivity index (χ0v) is 17.5. The summed E-state index contributed by atoms with van der Waals surface area (Å²) in [5.41, 5.74) is 2.60. The number of amides is 2. The van der Waals surface area contributed by atoms with E-state index in [0.717, 1.165) is 11.1 Å². The molecule has 2 amide bonds. The number of aryl methyl sites for hydroxylation is 2. The van der Waals surface area contributed by atoms with E-state index in [0.29, 0.717) is 22.0 Å². The molecule has 0 spiro atoms. The molecule has 0 atom stereocenters. The maximum absolute atomic E-state index is 11.9. The van der Waals surface area contributed by atoms with Crippen molar-refractivity contribution in [1.82, 2.24) is 4.90 Å². The molecule has 0 aliphatic heterocycles. The minimum absolute atomic E-state index is 0.136. The lowest BCUT2D eigenvalue weighted by atomic mass is 10.1. The first-order valence-electron chi connectivity index (χ1n) is 8.84. The summed E-state index contributed by atoms with van der Waals surface area (Å²) < 4.78 is 10.4. The number of benzene rings is 2. The molecule has 0 aliphatic rings. The Morgan fingerprint density at radius 2 is 1.59 bits per heavy atom. The molecule has 1 N–H and O–H groups in total. The highest BCUT2D eigenvalue weighted by Crippen LogP contribution is 2.26. The number of nitrogens with zero attached hydrogens (tertiary/aromatic N) is 1. The van der Waals surface area contributed by atoms with Crippen molar-refractivity contribution in [1.29, 1.82) is 0 Å². The van der Waals surface area contributed by atoms with E-state index < -0.39 is 18.5 Å². The molecular formula is C21H23ClN2O5. The van der Waals surface area contributed by atoms with Crippen LogP contribution < -0.4 is 10.1 Å². The standard InChI is InChI=1S/C21H23ClN2O5/c1-13-9-16(22)10-14(2)20(13)29-12-19(26)28-11-18(25)23-17-7-5-15(6-8-17)21(27)24(3)4/h5-10H,11-12H2,1-4H3,(H,23,25). The van der Waals surface area contributed by atoms with Gasteiger partial charge in [-0.15, -0.1) is 0 Å². The number of halogens is 1. The molecule has 154 valence electrons. The van der Waals surface area contributed by atoms with E-state index >= 15 is 0 Å². The highest BCUT2D eigenvalue weighted by Gasteiger charge is 2.12. The highest BCUT2D eigenvalue weighted by atomic mass is 35.5. The molecule has 0 fully saturated rings. The Labute approximate surface area is 174 Å². The first kappa shape index (κ1) is 22.2. The average molecular weight is 419 g/mol. The van der Waals surface area contributed by atoms with Crippen molar-refractivity contribution in [3.63, 3.8) is 0 Å². The lowest BCUT2D eigenvalue weighted by Crippen LogP contribution is -2.24. The quantitative estimate of drug-likeness (QED) is 0.698. The van der Waals surface area contributed by atoms with Gasteiger partial charge in [-0.25, -0.2) is 4.79 Å². The van der Waals surface area contributed by atoms with Gasteiger partial charge in [-0.1, -0.05) is 11.6 Å². The van der Waals surface area contributed by atoms with Gasteiger partial charge in [-0.2, -0.15) is 0 Å². The fraction of sp³-hybridized carbons (Fsp3) is 0.286. The molecule has 8 heteroatoms. The van der Waals surface area contributed by atoms with Gasteiger partial charge < -0.3 is 19.7 Å². The van der Waals surface area contributed by atoms with Gasteiger partial charge in [-0.05, 0) is 61.4 Å². The summed E-state index contributed by atoms with van der Waals surface area (Å²) in [5.74, 6) is -0.740. The van der Waals surface area contributed by atoms with Gasteiger partial charge in [0.1, 0.15) is 5.75 Å². The molecule has 0 aromatic heterocycles. The number of hydrogen-bond acceptors (Lipinski definition) is 5. The molecule has 2 rings (SSSR count). The Morgan fingerprint density at radius 3 is 2.14 bits per heavy atom. The molecule has 29 heavy (non-hydrogen) atoms. The minimum atomic E-state index is -0.666. The molecule has 0 bridgehead atoms. The van der Waals surface area contributed by atoms with Crippen LogP contribution in [0.1, 0.15) is 21.5 Å². The smallest absolute Gasteiger partial charge is 0.344 e. The number of carbonyl (C=O) groups is 3. The Kier molecular flexibility index (Phi) is 7.61. The van der Waals surface area contributed by atoms with Crippen molar-refractivity contribution in [2.45, 2.75) is 13.8 Å². The average Bonchev–Trinajstić information content (AvgIpc) is 2.65. The normalized spacial score (nSPS) is 10.2. The molecule has 0 saturated carbocycles. The maximum atomic E-state index is 11.9. The third-order valence-corrected chi connectivity index (χ3v) is 4.16. The van der Waals surface area contributed by atoms with E-state index in [1.807, 2.05) is 13.8 Å². The minimum Gasteiger partial charge on any atom is -0.481 e. The first-order valence-corrected chi connectivity index (χ1v) is 9.22. The second kappa shape index (κ2) is 9.93. The number of nitrogens with one attached hydrogen (secondary N) is 1. The van der Waals surface area contributed by atoms with Crippen LogP contribution >= 0.6 is 11.6 Å². The van der Waals surface area contributed by atoms with Gasteiger partial charge in [0.15, 0.2) is 13.2 Å². The van der Waals surface area contributed by atoms with Crippen LogP contribution in [0.4, 0.5) is 5.69 Å². The number of esters is 1. The van der Waals surface area contributed by atoms with Crippen LogP contribution in [0, 0.1) is 13.8 Å². The largest absolute Gasteiger partial charge is 0.481 e. The summed E-state index contributed by atoms with van der Waals surface area (Å²) in [6.45, 7) is 2.88. The van der Waals surface area contributed by atoms with Crippen molar-refractivity contribution >= 4 is 35.1 Å². The fourth-order valence-corrected chi connectivity index (χ4v) is 2.92. The first-order chi connectivity index (χ1) is 13.7. The summed E-state index contributed by atoms with van der Waals surface area (Å²) in [6, 6.07) is 9.89. The Morgan fingerprint density at radius 1 is 1.00 bits per heavy atom. The van der Waals surface area contributed by atoms with Gasteiger partial charge in [0.2, 0.25) is 0 Å². The lowest BCUT2D eigenvalue weighted by Gasteiger charge is -2.12. The second-order valence-electron chi connectivity index (χ2n) is 6.64. The van der Waals surface area contributed by atoms with Crippen molar-refractivity contribution < 1.29 is 23.9 Å². The summed E-state index contributed by atoms with van der Waals surface area (Å²) in [4.78, 5) is 37.1. The SMILES string of the molecule is Cc1cc(Cl)cc(C)c1OCC(=O)OCC(=O)Nc1ccc(C(=O)N(C)C)cc1. The van der Waals surface area contributed by atoms with Crippen molar-refractivity contribution in [3.8, 4) is 5.75 Å². The van der Waals surface area contributed by atoms with Crippen LogP contribution in [-0.2, 0) is 14.3 Å². The van der Waals surface area contributed by atoms with Gasteiger partial charge in [-0.3, -0.25) is 9.59 Å². The summed E-state index contributed by atoms with van der Waals surface area (Å²) in [7, 11) is 3.32. The van der Waals surface area contributed by atoms with Crippen LogP contribution in [0.5, 0.6) is 5.75 Å². The lowest BCUT2D eigenvalue weighted by molar-refractivity contribution is -0.149. The summed E-state index contributed by atoms with van der Waals surface area (Å²) in [6.07, 6.45) is 0. The number of anilines is 1. The molecule has 2 aromatic carbocycles. The molecule has 2 aromatic rings. The molecular weight excluding hydrogens is 396 g/mol. The fourth-order valence-electron chi connectivity index (χ4n) is 2.60. The van der Waals surface area contributed by atoms with Crippen LogP contribution in [0.2, 0.25) is 5.02 Å². The van der Waals surface area contributed by atoms with E-state index in [4.69, 9.17) is 21.1 Å². The second-order valence-corrected chi connectivity index (χ2v) is 7.08. The topological polar surface area (TPSA) is 84.9 Å². The molecule has 0 heterocycles. The van der Waals surface area contributed by atoms with E-state index in [1.54, 1.807) is 50.5 Å². The number of rotatable bonds is 7. The van der Waals surface area contributed by atoms with E-state index in [9.17, 15) is 14.4 Å². The van der Waals surface area contributed by atoms with Gasteiger partial charge >= 0.3 is 5.97 Å². The third kappa shape index (κ3) is 6.50. The molecule has 7 nitrogen and oxygen atoms in total. The van der Waals surface area contributed by atoms with Crippen molar-refractivity contribution in [3.05, 3.63) is 58.1 Å². The van der Waals surface area contributed by atoms with Crippen LogP contribution in [0.15, 0.2) is 36.4 Å². The molecule has 0 saturated heterocycles. The van der Waals surface area contributed by atoms with Gasteiger partial charge in [0.25, 0.3) is 11.8 Å². The third-order valence-electron chi connectivity index (χ3n) is 3.95. The predicted molar refractivity (Wildman–Crippen MR) is 110 cm³/mol. The molecule has 0 unspecified atom stereocenters. The zero-order valence-electron chi connectivity index (χ0n) is 16.7. The summed E-state index contributed by atoms with van der Waals surface area (Å²) in [5, 5.41) is 3.18. The highest BCUT2D eigenvalue weighted by molar-refractivity contribution is 6.30. The monoisotopic (exact) mass is 418 g/mol. The van der Waals surface area contributed by atoms with Gasteiger partial charge in [0.05, 0.1) is 0 Å². The Bertz CT molecular complexity index is 887. The van der Waals surface area contributed by atoms with Crippen LogP contribution in [0.3, 0.4) is 0 Å². The van der Waals surface area contributed by atoms with Crippen LogP contribution in [-0.4, -0.2) is 50.0 Å². The van der Waals surface area contributed by atoms with E-state index in [2.05, 4.69) is 5.32 Å². The van der Waals surface area contributed by atoms with E-state index in [-0.39, 0.29) is 12.5 Å². The molecule has 0 radical (unpaired) electrons. The summed E-state index contributed by atoms with van der Waals surface area (Å²) >= 11 is 5.96. The number of ether oxygens (including phenoxy) is 2. The van der Waals surface area contributed by atoms with E-state index in [1.165, 1.54) is 4.90 Å². The number of carbonyl (C=O) groups excluding carboxylic acids is 3.